The predicted octanol–water partition coefficient (Wildman–Crippen LogP) is 0.493. The number of rotatable bonds is 3. The minimum atomic E-state index is -0.963. The Labute approximate surface area is 118 Å². The lowest BCUT2D eigenvalue weighted by molar-refractivity contribution is -0.726. The SMILES string of the molecule is CC(C)C[C@H]1[NH2+][C@H](C(=O)[O-])Cc2c1[nH]c1ccccc21. The third-order valence-electron chi connectivity index (χ3n) is 4.13. The molecule has 0 saturated heterocycles. The Morgan fingerprint density at radius 3 is 2.90 bits per heavy atom. The highest BCUT2D eigenvalue weighted by Gasteiger charge is 2.33. The van der Waals surface area contributed by atoms with E-state index in [1.807, 2.05) is 23.5 Å². The fraction of sp³-hybridized carbons (Fsp3) is 0.438. The Balaban J connectivity index is 2.09. The highest BCUT2D eigenvalue weighted by Crippen LogP contribution is 2.31. The van der Waals surface area contributed by atoms with Gasteiger partial charge in [-0.3, -0.25) is 0 Å². The molecule has 0 amide bonds. The summed E-state index contributed by atoms with van der Waals surface area (Å²) >= 11 is 0. The molecule has 3 N–H and O–H groups in total. The number of benzene rings is 1. The Hall–Kier alpha value is -1.81. The van der Waals surface area contributed by atoms with Crippen LogP contribution in [0.5, 0.6) is 0 Å². The Morgan fingerprint density at radius 2 is 2.20 bits per heavy atom. The maximum absolute atomic E-state index is 11.3. The van der Waals surface area contributed by atoms with E-state index >= 15 is 0 Å². The molecule has 4 heteroatoms. The van der Waals surface area contributed by atoms with E-state index in [0.29, 0.717) is 12.3 Å². The molecule has 1 aliphatic rings. The molecule has 1 aromatic carbocycles. The highest BCUT2D eigenvalue weighted by molar-refractivity contribution is 5.86. The summed E-state index contributed by atoms with van der Waals surface area (Å²) in [6, 6.07) is 7.81. The molecule has 2 aromatic rings. The second-order valence-electron chi connectivity index (χ2n) is 6.12. The molecule has 4 nitrogen and oxygen atoms in total. The number of quaternary nitrogens is 1. The van der Waals surface area contributed by atoms with Crippen molar-refractivity contribution in [2.75, 3.05) is 0 Å². The summed E-state index contributed by atoms with van der Waals surface area (Å²) in [5, 5.41) is 14.4. The van der Waals surface area contributed by atoms with Gasteiger partial charge in [-0.25, -0.2) is 0 Å². The van der Waals surface area contributed by atoms with Crippen LogP contribution in [-0.4, -0.2) is 17.0 Å². The van der Waals surface area contributed by atoms with Gasteiger partial charge in [0.25, 0.3) is 0 Å². The van der Waals surface area contributed by atoms with Gasteiger partial charge in [-0.1, -0.05) is 32.0 Å². The van der Waals surface area contributed by atoms with Crippen molar-refractivity contribution in [3.63, 3.8) is 0 Å². The second kappa shape index (κ2) is 4.94. The number of carbonyl (C=O) groups excluding carboxylic acids is 1. The summed E-state index contributed by atoms with van der Waals surface area (Å²) in [6.07, 6.45) is 1.50. The monoisotopic (exact) mass is 272 g/mol. The molecule has 0 aliphatic carbocycles. The van der Waals surface area contributed by atoms with E-state index in [4.69, 9.17) is 0 Å². The molecule has 20 heavy (non-hydrogen) atoms. The lowest BCUT2D eigenvalue weighted by Crippen LogP contribution is -2.95. The summed E-state index contributed by atoms with van der Waals surface area (Å²) in [6.45, 7) is 4.33. The van der Waals surface area contributed by atoms with Crippen LogP contribution in [0.3, 0.4) is 0 Å². The minimum absolute atomic E-state index is 0.175. The summed E-state index contributed by atoms with van der Waals surface area (Å²) in [4.78, 5) is 14.8. The van der Waals surface area contributed by atoms with E-state index < -0.39 is 12.0 Å². The molecule has 0 bridgehead atoms. The lowest BCUT2D eigenvalue weighted by Gasteiger charge is -2.29. The second-order valence-corrected chi connectivity index (χ2v) is 6.12. The zero-order valence-electron chi connectivity index (χ0n) is 11.8. The summed E-state index contributed by atoms with van der Waals surface area (Å²) in [7, 11) is 0. The van der Waals surface area contributed by atoms with Crippen molar-refractivity contribution in [2.45, 2.75) is 38.8 Å². The molecule has 3 rings (SSSR count). The van der Waals surface area contributed by atoms with Crippen LogP contribution in [0.1, 0.15) is 37.6 Å². The van der Waals surface area contributed by atoms with Crippen LogP contribution in [0.4, 0.5) is 0 Å². The number of hydrogen-bond acceptors (Lipinski definition) is 2. The van der Waals surface area contributed by atoms with Gasteiger partial charge in [0.15, 0.2) is 0 Å². The van der Waals surface area contributed by atoms with Gasteiger partial charge in [-0.2, -0.15) is 0 Å². The van der Waals surface area contributed by atoms with E-state index in [-0.39, 0.29) is 6.04 Å². The molecule has 0 unspecified atom stereocenters. The minimum Gasteiger partial charge on any atom is -0.544 e. The maximum Gasteiger partial charge on any atom is 0.131 e. The first-order chi connectivity index (χ1) is 9.56. The van der Waals surface area contributed by atoms with Crippen LogP contribution in [0, 0.1) is 5.92 Å². The third kappa shape index (κ3) is 2.20. The largest absolute Gasteiger partial charge is 0.544 e. The van der Waals surface area contributed by atoms with Crippen LogP contribution < -0.4 is 10.4 Å². The van der Waals surface area contributed by atoms with Crippen LogP contribution in [0.25, 0.3) is 10.9 Å². The number of aromatic nitrogens is 1. The molecule has 2 heterocycles. The number of nitrogens with two attached hydrogens (primary N) is 1. The zero-order chi connectivity index (χ0) is 14.3. The standard InChI is InChI=1S/C16H20N2O2/c1-9(2)7-13-15-11(8-14(17-13)16(19)20)10-5-3-4-6-12(10)18-15/h3-6,9,13-14,17-18H,7-8H2,1-2H3,(H,19,20)/t13-,14+/m1/s1. The van der Waals surface area contributed by atoms with Gasteiger partial charge in [0.1, 0.15) is 12.1 Å². The van der Waals surface area contributed by atoms with Crippen LogP contribution in [0.2, 0.25) is 0 Å². The van der Waals surface area contributed by atoms with Crippen molar-refractivity contribution in [3.8, 4) is 0 Å². The van der Waals surface area contributed by atoms with E-state index in [9.17, 15) is 9.90 Å². The summed E-state index contributed by atoms with van der Waals surface area (Å²) in [5.74, 6) is -0.439. The van der Waals surface area contributed by atoms with E-state index in [0.717, 1.165) is 22.9 Å². The van der Waals surface area contributed by atoms with Gasteiger partial charge >= 0.3 is 0 Å². The molecule has 0 spiro atoms. The first-order valence-corrected chi connectivity index (χ1v) is 7.21. The smallest absolute Gasteiger partial charge is 0.131 e. The summed E-state index contributed by atoms with van der Waals surface area (Å²) in [5.41, 5.74) is 3.44. The predicted molar refractivity (Wildman–Crippen MR) is 74.9 cm³/mol. The Morgan fingerprint density at radius 1 is 1.45 bits per heavy atom. The van der Waals surface area contributed by atoms with Crippen molar-refractivity contribution in [1.29, 1.82) is 0 Å². The first kappa shape index (κ1) is 13.2. The number of hydrogen-bond donors (Lipinski definition) is 2. The van der Waals surface area contributed by atoms with Crippen LogP contribution >= 0.6 is 0 Å². The molecule has 0 saturated carbocycles. The Kier molecular flexibility index (Phi) is 3.26. The van der Waals surface area contributed by atoms with Gasteiger partial charge in [0, 0.05) is 23.7 Å². The topological polar surface area (TPSA) is 72.5 Å². The summed E-state index contributed by atoms with van der Waals surface area (Å²) < 4.78 is 0. The number of carbonyl (C=O) groups is 1. The van der Waals surface area contributed by atoms with Gasteiger partial charge in [-0.05, 0) is 17.5 Å². The van der Waals surface area contributed by atoms with E-state index in [2.05, 4.69) is 24.9 Å². The van der Waals surface area contributed by atoms with E-state index in [1.54, 1.807) is 0 Å². The average Bonchev–Trinajstić information content (AvgIpc) is 2.77. The van der Waals surface area contributed by atoms with Crippen molar-refractivity contribution >= 4 is 16.9 Å². The number of para-hydroxylation sites is 1. The van der Waals surface area contributed by atoms with E-state index in [1.165, 1.54) is 5.69 Å². The quantitative estimate of drug-likeness (QED) is 0.853. The van der Waals surface area contributed by atoms with Crippen LogP contribution in [0.15, 0.2) is 24.3 Å². The third-order valence-corrected chi connectivity index (χ3v) is 4.13. The molecular weight excluding hydrogens is 252 g/mol. The van der Waals surface area contributed by atoms with Gasteiger partial charge < -0.3 is 20.2 Å². The number of fused-ring (bicyclic) bond motifs is 3. The Bertz CT molecular complexity index is 645. The molecule has 0 fully saturated rings. The molecular formula is C16H20N2O2. The van der Waals surface area contributed by atoms with Crippen molar-refractivity contribution in [1.82, 2.24) is 4.98 Å². The van der Waals surface area contributed by atoms with Gasteiger partial charge in [0.05, 0.1) is 11.7 Å². The van der Waals surface area contributed by atoms with Crippen LogP contribution in [-0.2, 0) is 11.2 Å². The van der Waals surface area contributed by atoms with Crippen molar-refractivity contribution < 1.29 is 15.2 Å². The lowest BCUT2D eigenvalue weighted by atomic mass is 9.90. The average molecular weight is 272 g/mol. The number of aliphatic carboxylic acids is 1. The molecule has 1 aromatic heterocycles. The number of carboxylic acids is 1. The number of H-pyrrole nitrogens is 1. The molecule has 106 valence electrons. The molecule has 2 atom stereocenters. The fourth-order valence-electron chi connectivity index (χ4n) is 3.29. The zero-order valence-corrected chi connectivity index (χ0v) is 11.8. The van der Waals surface area contributed by atoms with Crippen molar-refractivity contribution in [3.05, 3.63) is 35.5 Å². The number of aromatic amines is 1. The molecule has 0 radical (unpaired) electrons. The first-order valence-electron chi connectivity index (χ1n) is 7.21. The highest BCUT2D eigenvalue weighted by atomic mass is 16.4. The molecule has 1 aliphatic heterocycles. The van der Waals surface area contributed by atoms with Gasteiger partial charge in [-0.15, -0.1) is 0 Å². The number of carboxylic acid groups (broad SMARTS) is 1. The maximum atomic E-state index is 11.3. The van der Waals surface area contributed by atoms with Crippen molar-refractivity contribution in [2.24, 2.45) is 5.92 Å². The fourth-order valence-corrected chi connectivity index (χ4v) is 3.29. The number of nitrogens with one attached hydrogen (secondary N) is 1. The normalized spacial score (nSPS) is 22.1. The van der Waals surface area contributed by atoms with Gasteiger partial charge in [0.2, 0.25) is 0 Å².